The predicted molar refractivity (Wildman–Crippen MR) is 91.7 cm³/mol. The highest BCUT2D eigenvalue weighted by Crippen LogP contribution is 2.32. The molecule has 2 N–H and O–H groups in total. The van der Waals surface area contributed by atoms with Gasteiger partial charge < -0.3 is 15.2 Å². The molecule has 24 heavy (non-hydrogen) atoms. The Morgan fingerprint density at radius 3 is 2.29 bits per heavy atom. The number of halogens is 5. The molecule has 0 saturated heterocycles. The van der Waals surface area contributed by atoms with Crippen molar-refractivity contribution in [2.45, 2.75) is 19.3 Å². The van der Waals surface area contributed by atoms with Gasteiger partial charge in [-0.25, -0.2) is 0 Å². The Bertz CT molecular complexity index is 665. The lowest BCUT2D eigenvalue weighted by Gasteiger charge is -2.18. The Labute approximate surface area is 152 Å². The number of nitrogens with two attached hydrogens (primary N) is 1. The van der Waals surface area contributed by atoms with Gasteiger partial charge in [-0.15, -0.1) is 25.6 Å². The normalized spacial score (nSPS) is 12.2. The first kappa shape index (κ1) is 20.6. The largest absolute Gasteiger partial charge is 0.573 e. The third kappa shape index (κ3) is 5.58. The van der Waals surface area contributed by atoms with Crippen LogP contribution in [0.15, 0.2) is 46.9 Å². The lowest BCUT2D eigenvalue weighted by molar-refractivity contribution is -0.274. The number of ether oxygens (including phenoxy) is 2. The molecule has 0 unspecified atom stereocenters. The Morgan fingerprint density at radius 1 is 1.12 bits per heavy atom. The van der Waals surface area contributed by atoms with Gasteiger partial charge in [0.1, 0.15) is 11.5 Å². The topological polar surface area (TPSA) is 44.5 Å². The summed E-state index contributed by atoms with van der Waals surface area (Å²) in [5.74, 6) is 0.353. The average Bonchev–Trinajstić information content (AvgIpc) is 2.48. The monoisotopic (exact) mass is 425 g/mol. The van der Waals surface area contributed by atoms with E-state index in [9.17, 15) is 13.2 Å². The summed E-state index contributed by atoms with van der Waals surface area (Å²) in [6.07, 6.45) is -4.71. The zero-order valence-electron chi connectivity index (χ0n) is 12.6. The minimum atomic E-state index is -4.71. The van der Waals surface area contributed by atoms with Gasteiger partial charge in [0.2, 0.25) is 0 Å². The average molecular weight is 427 g/mol. The van der Waals surface area contributed by atoms with Gasteiger partial charge in [-0.1, -0.05) is 28.1 Å². The lowest BCUT2D eigenvalue weighted by Crippen LogP contribution is -2.17. The fourth-order valence-corrected chi connectivity index (χ4v) is 2.48. The molecule has 2 rings (SSSR count). The molecular weight excluding hydrogens is 411 g/mol. The molecule has 3 nitrogen and oxygen atoms in total. The van der Waals surface area contributed by atoms with Crippen LogP contribution in [0.3, 0.4) is 0 Å². The molecule has 0 aliphatic heterocycles. The van der Waals surface area contributed by atoms with E-state index in [2.05, 4.69) is 20.7 Å². The Balaban J connectivity index is 0.00000288. The van der Waals surface area contributed by atoms with Gasteiger partial charge >= 0.3 is 6.36 Å². The second-order valence-corrected chi connectivity index (χ2v) is 5.63. The molecule has 0 bridgehead atoms. The van der Waals surface area contributed by atoms with Gasteiger partial charge in [0.05, 0.1) is 12.6 Å². The second-order valence-electron chi connectivity index (χ2n) is 4.71. The van der Waals surface area contributed by atoms with Crippen molar-refractivity contribution in [3.8, 4) is 11.5 Å². The highest BCUT2D eigenvalue weighted by atomic mass is 79.9. The Hall–Kier alpha value is -1.44. The van der Waals surface area contributed by atoms with Crippen LogP contribution in [-0.2, 0) is 0 Å². The van der Waals surface area contributed by atoms with E-state index in [1.165, 1.54) is 24.3 Å². The molecule has 132 valence electrons. The molecule has 0 saturated carbocycles. The highest BCUT2D eigenvalue weighted by molar-refractivity contribution is 9.10. The van der Waals surface area contributed by atoms with Crippen LogP contribution in [0.5, 0.6) is 11.5 Å². The molecule has 2 aromatic rings. The predicted octanol–water partition coefficient (Wildman–Crippen LogP) is 5.22. The van der Waals surface area contributed by atoms with Crippen molar-refractivity contribution in [1.82, 2.24) is 0 Å². The number of benzene rings is 2. The van der Waals surface area contributed by atoms with Gasteiger partial charge in [0.15, 0.2) is 0 Å². The smallest absolute Gasteiger partial charge is 0.494 e. The van der Waals surface area contributed by atoms with Gasteiger partial charge in [0, 0.05) is 10.0 Å². The molecule has 0 fully saturated rings. The number of alkyl halides is 3. The second kappa shape index (κ2) is 8.60. The van der Waals surface area contributed by atoms with Crippen molar-refractivity contribution < 1.29 is 22.6 Å². The molecule has 1 atom stereocenters. The van der Waals surface area contributed by atoms with Crippen LogP contribution in [-0.4, -0.2) is 13.0 Å². The Kier molecular flexibility index (Phi) is 7.38. The fraction of sp³-hybridized carbons (Fsp3) is 0.250. The van der Waals surface area contributed by atoms with Gasteiger partial charge in [-0.2, -0.15) is 0 Å². The zero-order valence-corrected chi connectivity index (χ0v) is 15.0. The summed E-state index contributed by atoms with van der Waals surface area (Å²) in [4.78, 5) is 0. The van der Waals surface area contributed by atoms with Crippen molar-refractivity contribution in [1.29, 1.82) is 0 Å². The molecule has 0 spiro atoms. The first-order valence-electron chi connectivity index (χ1n) is 6.83. The molecule has 0 amide bonds. The molecule has 0 aliphatic rings. The molecule has 2 aromatic carbocycles. The van der Waals surface area contributed by atoms with E-state index >= 15 is 0 Å². The van der Waals surface area contributed by atoms with E-state index in [1.807, 2.05) is 19.1 Å². The molecule has 0 aliphatic carbocycles. The minimum Gasteiger partial charge on any atom is -0.494 e. The van der Waals surface area contributed by atoms with E-state index in [1.54, 1.807) is 6.07 Å². The maximum Gasteiger partial charge on any atom is 0.573 e. The summed E-state index contributed by atoms with van der Waals surface area (Å²) in [7, 11) is 0. The van der Waals surface area contributed by atoms with Crippen molar-refractivity contribution in [3.05, 3.63) is 58.1 Å². The summed E-state index contributed by atoms with van der Waals surface area (Å²) in [6, 6.07) is 10.4. The number of hydrogen-bond donors (Lipinski definition) is 1. The first-order valence-corrected chi connectivity index (χ1v) is 7.63. The summed E-state index contributed by atoms with van der Waals surface area (Å²) >= 11 is 3.38. The zero-order chi connectivity index (χ0) is 17.0. The summed E-state index contributed by atoms with van der Waals surface area (Å²) in [5.41, 5.74) is 7.62. The summed E-state index contributed by atoms with van der Waals surface area (Å²) in [6.45, 7) is 2.35. The van der Waals surface area contributed by atoms with Crippen LogP contribution in [0.2, 0.25) is 0 Å². The van der Waals surface area contributed by atoms with Crippen molar-refractivity contribution >= 4 is 28.3 Å². The van der Waals surface area contributed by atoms with E-state index in [-0.39, 0.29) is 18.2 Å². The maximum atomic E-state index is 12.2. The SMILES string of the molecule is CCOc1ccc(Br)cc1[C@@H](N)c1ccc(OC(F)(F)F)cc1.Cl. The number of rotatable bonds is 5. The van der Waals surface area contributed by atoms with Gasteiger partial charge in [0.25, 0.3) is 0 Å². The van der Waals surface area contributed by atoms with Crippen LogP contribution in [0.25, 0.3) is 0 Å². The van der Waals surface area contributed by atoms with Crippen LogP contribution in [0, 0.1) is 0 Å². The van der Waals surface area contributed by atoms with Gasteiger partial charge in [-0.05, 0) is 42.8 Å². The van der Waals surface area contributed by atoms with Crippen LogP contribution in [0.1, 0.15) is 24.1 Å². The van der Waals surface area contributed by atoms with E-state index < -0.39 is 12.4 Å². The fourth-order valence-electron chi connectivity index (χ4n) is 2.11. The number of hydrogen-bond acceptors (Lipinski definition) is 3. The van der Waals surface area contributed by atoms with Crippen LogP contribution < -0.4 is 15.2 Å². The van der Waals surface area contributed by atoms with Crippen molar-refractivity contribution in [3.63, 3.8) is 0 Å². The lowest BCUT2D eigenvalue weighted by atomic mass is 9.98. The third-order valence-corrected chi connectivity index (χ3v) is 3.57. The quantitative estimate of drug-likeness (QED) is 0.713. The summed E-state index contributed by atoms with van der Waals surface area (Å²) in [5, 5.41) is 0. The van der Waals surface area contributed by atoms with Crippen LogP contribution in [0.4, 0.5) is 13.2 Å². The summed E-state index contributed by atoms with van der Waals surface area (Å²) < 4.78 is 46.8. The van der Waals surface area contributed by atoms with E-state index in [0.29, 0.717) is 17.9 Å². The van der Waals surface area contributed by atoms with Crippen molar-refractivity contribution in [2.24, 2.45) is 5.73 Å². The molecule has 0 aromatic heterocycles. The third-order valence-electron chi connectivity index (χ3n) is 3.08. The van der Waals surface area contributed by atoms with Crippen LogP contribution >= 0.6 is 28.3 Å². The Morgan fingerprint density at radius 2 is 1.75 bits per heavy atom. The molecule has 0 heterocycles. The standard InChI is InChI=1S/C16H15BrF3NO2.ClH/c1-2-22-14-8-5-11(17)9-13(14)15(21)10-3-6-12(7-4-10)23-16(18,19)20;/h3-9,15H,2,21H2,1H3;1H/t15-;/m0./s1. The maximum absolute atomic E-state index is 12.2. The minimum absolute atomic E-state index is 0. The first-order chi connectivity index (χ1) is 10.8. The highest BCUT2D eigenvalue weighted by Gasteiger charge is 2.31. The van der Waals surface area contributed by atoms with E-state index in [4.69, 9.17) is 10.5 Å². The van der Waals surface area contributed by atoms with Gasteiger partial charge in [-0.3, -0.25) is 0 Å². The van der Waals surface area contributed by atoms with E-state index in [0.717, 1.165) is 10.0 Å². The molecule has 0 radical (unpaired) electrons. The van der Waals surface area contributed by atoms with Crippen molar-refractivity contribution in [2.75, 3.05) is 6.61 Å². The molecular formula is C16H16BrClF3NO2. The molecule has 8 heteroatoms.